The quantitative estimate of drug-likeness (QED) is 0.261. The summed E-state index contributed by atoms with van der Waals surface area (Å²) < 4.78 is 15.7. The van der Waals surface area contributed by atoms with E-state index in [1.54, 1.807) is 18.2 Å². The number of hydrogen-bond donors (Lipinski definition) is 1. The van der Waals surface area contributed by atoms with Crippen molar-refractivity contribution in [1.82, 2.24) is 5.32 Å². The van der Waals surface area contributed by atoms with E-state index in [9.17, 15) is 14.4 Å². The number of hydrogen-bond acceptors (Lipinski definition) is 6. The minimum atomic E-state index is -0.822. The first-order valence-corrected chi connectivity index (χ1v) is 9.72. The molecule has 2 heterocycles. The van der Waals surface area contributed by atoms with Gasteiger partial charge in [-0.1, -0.05) is 23.2 Å². The first-order valence-electron chi connectivity index (χ1n) is 8.96. The van der Waals surface area contributed by atoms with Gasteiger partial charge in [-0.2, -0.15) is 0 Å². The first-order chi connectivity index (χ1) is 14.9. The highest BCUT2D eigenvalue weighted by Crippen LogP contribution is 2.25. The van der Waals surface area contributed by atoms with Crippen LogP contribution in [0.5, 0.6) is 5.75 Å². The van der Waals surface area contributed by atoms with Crippen LogP contribution >= 0.6 is 23.2 Å². The van der Waals surface area contributed by atoms with Gasteiger partial charge in [-0.25, -0.2) is 9.59 Å². The number of amides is 1. The number of carbonyl (C=O) groups is 2. The molecular formula is C22H13Cl2NO6. The Labute approximate surface area is 185 Å². The molecule has 31 heavy (non-hydrogen) atoms. The molecule has 9 heteroatoms. The summed E-state index contributed by atoms with van der Waals surface area (Å²) in [5.41, 5.74) is -0.608. The summed E-state index contributed by atoms with van der Waals surface area (Å²) in [5, 5.41) is 3.61. The van der Waals surface area contributed by atoms with Gasteiger partial charge in [0.25, 0.3) is 5.91 Å². The Hall–Kier alpha value is -3.55. The summed E-state index contributed by atoms with van der Waals surface area (Å²) in [6, 6.07) is 13.6. The summed E-state index contributed by atoms with van der Waals surface area (Å²) in [7, 11) is 0. The van der Waals surface area contributed by atoms with Crippen LogP contribution in [0.3, 0.4) is 0 Å². The molecule has 0 atom stereocenters. The monoisotopic (exact) mass is 457 g/mol. The minimum Gasteiger partial charge on any atom is -0.467 e. The van der Waals surface area contributed by atoms with Gasteiger partial charge in [0, 0.05) is 11.5 Å². The smallest absolute Gasteiger partial charge is 0.349 e. The maximum absolute atomic E-state index is 12.3. The number of esters is 1. The van der Waals surface area contributed by atoms with Gasteiger partial charge in [0.1, 0.15) is 22.7 Å². The van der Waals surface area contributed by atoms with Crippen molar-refractivity contribution in [2.45, 2.75) is 6.54 Å². The van der Waals surface area contributed by atoms with Gasteiger partial charge in [0.05, 0.1) is 28.4 Å². The van der Waals surface area contributed by atoms with E-state index in [0.29, 0.717) is 16.2 Å². The number of nitrogens with one attached hydrogen (secondary N) is 1. The molecule has 0 bridgehead atoms. The zero-order chi connectivity index (χ0) is 22.0. The first kappa shape index (κ1) is 20.7. The number of fused-ring (bicyclic) bond motifs is 1. The molecule has 4 aromatic rings. The summed E-state index contributed by atoms with van der Waals surface area (Å²) in [6.45, 7) is 0.132. The Morgan fingerprint density at radius 3 is 2.58 bits per heavy atom. The number of ether oxygens (including phenoxy) is 1. The molecule has 0 aliphatic rings. The lowest BCUT2D eigenvalue weighted by Crippen LogP contribution is -2.27. The van der Waals surface area contributed by atoms with E-state index < -0.39 is 17.5 Å². The third-order valence-electron chi connectivity index (χ3n) is 4.32. The highest BCUT2D eigenvalue weighted by atomic mass is 35.5. The number of rotatable bonds is 5. The van der Waals surface area contributed by atoms with Crippen LogP contribution in [0.2, 0.25) is 10.0 Å². The molecule has 0 radical (unpaired) electrons. The Morgan fingerprint density at radius 1 is 1.00 bits per heavy atom. The van der Waals surface area contributed by atoms with Crippen LogP contribution in [0.15, 0.2) is 74.5 Å². The summed E-state index contributed by atoms with van der Waals surface area (Å²) >= 11 is 11.8. The second-order valence-corrected chi connectivity index (χ2v) is 7.24. The summed E-state index contributed by atoms with van der Waals surface area (Å²) in [5.74, 6) is -0.551. The highest BCUT2D eigenvalue weighted by molar-refractivity contribution is 6.42. The fraction of sp³-hybridized carbons (Fsp3) is 0.0455. The van der Waals surface area contributed by atoms with Crippen LogP contribution in [0, 0.1) is 0 Å². The molecule has 1 N–H and O–H groups in total. The van der Waals surface area contributed by atoms with Crippen molar-refractivity contribution in [3.63, 3.8) is 0 Å². The normalized spacial score (nSPS) is 10.8. The van der Waals surface area contributed by atoms with Crippen LogP contribution in [0.1, 0.15) is 26.5 Å². The summed E-state index contributed by atoms with van der Waals surface area (Å²) in [4.78, 5) is 36.9. The maximum Gasteiger partial charge on any atom is 0.349 e. The Kier molecular flexibility index (Phi) is 5.79. The molecule has 0 aliphatic carbocycles. The standard InChI is InChI=1S/C22H13Cl2NO6/c23-17-6-4-13(9-18(17)24)21(27)30-14-5-3-12-8-16(22(28)31-19(12)10-14)20(26)25-11-15-2-1-7-29-15/h1-10H,11H2,(H,25,26). The van der Waals surface area contributed by atoms with Crippen molar-refractivity contribution in [2.24, 2.45) is 0 Å². The van der Waals surface area contributed by atoms with Gasteiger partial charge in [0.15, 0.2) is 0 Å². The van der Waals surface area contributed by atoms with Crippen molar-refractivity contribution in [3.8, 4) is 5.75 Å². The van der Waals surface area contributed by atoms with Crippen molar-refractivity contribution >= 4 is 46.0 Å². The van der Waals surface area contributed by atoms with Crippen molar-refractivity contribution < 1.29 is 23.2 Å². The number of benzene rings is 2. The molecule has 0 fully saturated rings. The third-order valence-corrected chi connectivity index (χ3v) is 5.06. The van der Waals surface area contributed by atoms with E-state index in [0.717, 1.165) is 0 Å². The van der Waals surface area contributed by atoms with E-state index in [2.05, 4.69) is 5.32 Å². The molecule has 156 valence electrons. The molecule has 2 aromatic heterocycles. The molecule has 1 amide bonds. The van der Waals surface area contributed by atoms with Crippen LogP contribution < -0.4 is 15.7 Å². The molecule has 0 saturated carbocycles. The largest absolute Gasteiger partial charge is 0.467 e. The number of carbonyl (C=O) groups excluding carboxylic acids is 2. The molecule has 4 rings (SSSR count). The predicted molar refractivity (Wildman–Crippen MR) is 114 cm³/mol. The molecule has 0 unspecified atom stereocenters. The van der Waals surface area contributed by atoms with Crippen molar-refractivity contribution in [3.05, 3.63) is 98.2 Å². The molecular weight excluding hydrogens is 445 g/mol. The minimum absolute atomic E-state index is 0.132. The van der Waals surface area contributed by atoms with Gasteiger partial charge >= 0.3 is 11.6 Å². The van der Waals surface area contributed by atoms with E-state index in [1.165, 1.54) is 42.7 Å². The molecule has 0 saturated heterocycles. The predicted octanol–water partition coefficient (Wildman–Crippen LogP) is 4.84. The van der Waals surface area contributed by atoms with Gasteiger partial charge in [-0.3, -0.25) is 4.79 Å². The number of halogens is 2. The van der Waals surface area contributed by atoms with E-state index in [4.69, 9.17) is 36.8 Å². The van der Waals surface area contributed by atoms with Gasteiger partial charge in [0.2, 0.25) is 0 Å². The fourth-order valence-electron chi connectivity index (χ4n) is 2.78. The Balaban J connectivity index is 1.53. The van der Waals surface area contributed by atoms with E-state index >= 15 is 0 Å². The second-order valence-electron chi connectivity index (χ2n) is 6.43. The zero-order valence-electron chi connectivity index (χ0n) is 15.7. The second kappa shape index (κ2) is 8.67. The third kappa shape index (κ3) is 4.63. The van der Waals surface area contributed by atoms with Gasteiger partial charge in [-0.15, -0.1) is 0 Å². The SMILES string of the molecule is O=C(Oc1ccc2cc(C(=O)NCc3ccco3)c(=O)oc2c1)c1ccc(Cl)c(Cl)c1. The molecule has 2 aromatic carbocycles. The van der Waals surface area contributed by atoms with Crippen LogP contribution in [0.25, 0.3) is 11.0 Å². The number of furan rings is 1. The van der Waals surface area contributed by atoms with Crippen LogP contribution in [-0.2, 0) is 6.54 Å². The lowest BCUT2D eigenvalue weighted by molar-refractivity contribution is 0.0734. The summed E-state index contributed by atoms with van der Waals surface area (Å²) in [6.07, 6.45) is 1.48. The maximum atomic E-state index is 12.3. The molecule has 7 nitrogen and oxygen atoms in total. The topological polar surface area (TPSA) is 98.8 Å². The van der Waals surface area contributed by atoms with E-state index in [1.807, 2.05) is 0 Å². The van der Waals surface area contributed by atoms with Gasteiger partial charge < -0.3 is 18.9 Å². The van der Waals surface area contributed by atoms with Crippen molar-refractivity contribution in [1.29, 1.82) is 0 Å². The van der Waals surface area contributed by atoms with Crippen LogP contribution in [-0.4, -0.2) is 11.9 Å². The Morgan fingerprint density at radius 2 is 1.84 bits per heavy atom. The fourth-order valence-corrected chi connectivity index (χ4v) is 3.08. The van der Waals surface area contributed by atoms with Crippen LogP contribution in [0.4, 0.5) is 0 Å². The highest BCUT2D eigenvalue weighted by Gasteiger charge is 2.16. The Bertz CT molecular complexity index is 1340. The lowest BCUT2D eigenvalue weighted by Gasteiger charge is -2.07. The molecule has 0 aliphatic heterocycles. The van der Waals surface area contributed by atoms with E-state index in [-0.39, 0.29) is 34.0 Å². The van der Waals surface area contributed by atoms with Gasteiger partial charge in [-0.05, 0) is 48.5 Å². The average Bonchev–Trinajstić information content (AvgIpc) is 3.27. The van der Waals surface area contributed by atoms with Crippen molar-refractivity contribution in [2.75, 3.05) is 0 Å². The zero-order valence-corrected chi connectivity index (χ0v) is 17.2. The average molecular weight is 458 g/mol. The lowest BCUT2D eigenvalue weighted by atomic mass is 10.1. The molecule has 0 spiro atoms.